The van der Waals surface area contributed by atoms with E-state index in [1.54, 1.807) is 58.5 Å². The maximum atomic E-state index is 12.8. The minimum atomic E-state index is -4.51. The third kappa shape index (κ3) is 15.7. The smallest absolute Gasteiger partial charge is 0.444 e. The van der Waals surface area contributed by atoms with Gasteiger partial charge in [0.05, 0.1) is 39.6 Å². The molecule has 9 heterocycles. The van der Waals surface area contributed by atoms with Crippen molar-refractivity contribution in [2.24, 2.45) is 0 Å². The van der Waals surface area contributed by atoms with Crippen LogP contribution in [0.4, 0.5) is 46.0 Å². The first-order valence-corrected chi connectivity index (χ1v) is 29.6. The number of carbonyl (C=O) groups is 4. The number of alkyl halides is 3. The number of aryl methyl sites for hydroxylation is 1. The zero-order chi connectivity index (χ0) is 64.5. The van der Waals surface area contributed by atoms with E-state index in [0.29, 0.717) is 78.0 Å². The summed E-state index contributed by atoms with van der Waals surface area (Å²) in [7, 11) is -0.563. The number of fused-ring (bicyclic) bond motifs is 2. The maximum Gasteiger partial charge on any atom is 0.494 e. The fraction of sp³-hybridized carbons (Fsp3) is 0.410. The van der Waals surface area contributed by atoms with Crippen LogP contribution in [0.5, 0.6) is 0 Å². The monoisotopic (exact) mass is 1350 g/mol. The van der Waals surface area contributed by atoms with Gasteiger partial charge in [-0.15, -0.1) is 0 Å². The van der Waals surface area contributed by atoms with E-state index in [2.05, 4.69) is 68.2 Å². The second kappa shape index (κ2) is 26.5. The molecule has 6 N–H and O–H groups in total. The quantitative estimate of drug-likeness (QED) is 0.0812. The molecule has 3 aliphatic rings. The second-order valence-corrected chi connectivity index (χ2v) is 25.5. The van der Waals surface area contributed by atoms with Crippen LogP contribution in [0.25, 0.3) is 33.3 Å². The van der Waals surface area contributed by atoms with Crippen LogP contribution in [0.3, 0.4) is 0 Å². The Morgan fingerprint density at radius 2 is 1.10 bits per heavy atom. The normalized spacial score (nSPS) is 17.0. The van der Waals surface area contributed by atoms with Crippen molar-refractivity contribution in [3.05, 3.63) is 124 Å². The lowest BCUT2D eigenvalue weighted by atomic mass is 9.79. The standard InChI is InChI=1S/C27H30N8O3.C19H20BF3N2O3.C14H19IN6O2.CH4/c1-16-9-11-29-20(13-16)32-25(36)18-7-5-17(6-8-18)22-21-23(28)30-15-31-24(21)35(33-22)19-10-12-34(14-19)26(37)38-27(2,3)4;1-17(2)18(3,4)28-20(27-17)14-7-5-12(6-8-14)16(26)25-15-11-13(9-10-24-15)19(21,22)23;1-14(2,3)23-13(22)20-5-4-8(6-20)21-12-9(10(15)19-21)11(16)17-7-18-12;/h5-9,11,13,15,19H,10,12,14H2,1-4H3,(H2,28,30,31)(H,29,32,36);5-11H,1-4H3,(H,24,25,26);7-8H,4-6H2,1-3H3,(H2,16,17,18);1H4/t19-;;8-;/m1.1./s1. The number of nitrogens with two attached hydrogens (primary N) is 2. The van der Waals surface area contributed by atoms with Crippen molar-refractivity contribution in [3.8, 4) is 11.3 Å². The highest BCUT2D eigenvalue weighted by Crippen LogP contribution is 2.38. The van der Waals surface area contributed by atoms with Crippen LogP contribution in [0.2, 0.25) is 0 Å². The Hall–Kier alpha value is -8.58. The molecule has 0 radical (unpaired) electrons. The Balaban J connectivity index is 0.000000179. The Morgan fingerprint density at radius 3 is 1.59 bits per heavy atom. The summed E-state index contributed by atoms with van der Waals surface area (Å²) >= 11 is 2.13. The first-order valence-electron chi connectivity index (χ1n) is 28.5. The van der Waals surface area contributed by atoms with Crippen LogP contribution in [0, 0.1) is 10.6 Å². The average molecular weight is 1350 g/mol. The number of nitrogen functional groups attached to an aromatic ring is 2. The van der Waals surface area contributed by atoms with Crippen LogP contribution in [-0.4, -0.2) is 139 Å². The number of likely N-dealkylation sites (tertiary alicyclic amines) is 2. The molecule has 476 valence electrons. The van der Waals surface area contributed by atoms with Crippen LogP contribution >= 0.6 is 22.6 Å². The summed E-state index contributed by atoms with van der Waals surface area (Å²) in [6, 6.07) is 18.9. The van der Waals surface area contributed by atoms with Gasteiger partial charge in [0.1, 0.15) is 56.5 Å². The molecule has 2 aromatic carbocycles. The molecular formula is C61H73BF3IN16O8. The number of hydrogen-bond donors (Lipinski definition) is 4. The van der Waals surface area contributed by atoms with Gasteiger partial charge in [0, 0.05) is 55.3 Å². The van der Waals surface area contributed by atoms with Gasteiger partial charge >= 0.3 is 25.5 Å². The molecule has 90 heavy (non-hydrogen) atoms. The Morgan fingerprint density at radius 1 is 0.644 bits per heavy atom. The number of aromatic nitrogens is 10. The minimum absolute atomic E-state index is 0. The number of pyridine rings is 2. The van der Waals surface area contributed by atoms with Gasteiger partial charge in [0.25, 0.3) is 11.8 Å². The number of carbonyl (C=O) groups excluding carboxylic acids is 4. The second-order valence-electron chi connectivity index (χ2n) is 24.5. The van der Waals surface area contributed by atoms with E-state index in [1.807, 2.05) is 104 Å². The number of halogens is 4. The third-order valence-electron chi connectivity index (χ3n) is 14.9. The Kier molecular flexibility index (Phi) is 19.8. The summed E-state index contributed by atoms with van der Waals surface area (Å²) < 4.78 is 65.6. The highest BCUT2D eigenvalue weighted by atomic mass is 127. The van der Waals surface area contributed by atoms with E-state index in [9.17, 15) is 32.3 Å². The lowest BCUT2D eigenvalue weighted by Crippen LogP contribution is -2.41. The van der Waals surface area contributed by atoms with Crippen molar-refractivity contribution in [1.29, 1.82) is 0 Å². The van der Waals surface area contributed by atoms with Crippen molar-refractivity contribution in [1.82, 2.24) is 59.3 Å². The molecule has 0 saturated carbocycles. The molecule has 0 spiro atoms. The Bertz CT molecular complexity index is 3910. The van der Waals surface area contributed by atoms with Crippen LogP contribution in [0.1, 0.15) is 133 Å². The summed E-state index contributed by atoms with van der Waals surface area (Å²) in [4.78, 5) is 78.1. The average Bonchev–Trinajstić information content (AvgIpc) is 1.84. The van der Waals surface area contributed by atoms with Crippen LogP contribution in [0.15, 0.2) is 97.8 Å². The van der Waals surface area contributed by atoms with Gasteiger partial charge in [-0.25, -0.2) is 48.9 Å². The van der Waals surface area contributed by atoms with Crippen LogP contribution < -0.4 is 27.6 Å². The van der Waals surface area contributed by atoms with E-state index < -0.39 is 47.2 Å². The van der Waals surface area contributed by atoms with Gasteiger partial charge < -0.3 is 50.7 Å². The van der Waals surface area contributed by atoms with Crippen molar-refractivity contribution in [2.75, 3.05) is 48.3 Å². The molecule has 6 aromatic heterocycles. The minimum Gasteiger partial charge on any atom is -0.444 e. The number of nitrogens with zero attached hydrogens (tertiary/aromatic N) is 12. The first-order chi connectivity index (χ1) is 41.7. The van der Waals surface area contributed by atoms with Gasteiger partial charge in [-0.2, -0.15) is 23.4 Å². The molecule has 3 fully saturated rings. The predicted octanol–water partition coefficient (Wildman–Crippen LogP) is 10.7. The van der Waals surface area contributed by atoms with E-state index in [0.717, 1.165) is 50.4 Å². The summed E-state index contributed by atoms with van der Waals surface area (Å²) in [5, 5.41) is 16.0. The molecule has 0 bridgehead atoms. The van der Waals surface area contributed by atoms with Crippen molar-refractivity contribution in [2.45, 2.75) is 137 Å². The molecule has 8 aromatic rings. The highest BCUT2D eigenvalue weighted by molar-refractivity contribution is 14.1. The molecule has 11 rings (SSSR count). The lowest BCUT2D eigenvalue weighted by molar-refractivity contribution is -0.137. The van der Waals surface area contributed by atoms with Crippen molar-refractivity contribution < 1.29 is 51.1 Å². The topological polar surface area (TPSA) is 301 Å². The van der Waals surface area contributed by atoms with E-state index in [4.69, 9.17) is 35.3 Å². The zero-order valence-electron chi connectivity index (χ0n) is 51.0. The number of ether oxygens (including phenoxy) is 2. The fourth-order valence-corrected chi connectivity index (χ4v) is 10.5. The fourth-order valence-electron chi connectivity index (χ4n) is 9.73. The molecule has 29 heteroatoms. The molecule has 0 aliphatic carbocycles. The highest BCUT2D eigenvalue weighted by Gasteiger charge is 2.51. The summed E-state index contributed by atoms with van der Waals surface area (Å²) in [5.74, 6) is 0.229. The van der Waals surface area contributed by atoms with Gasteiger partial charge in [-0.1, -0.05) is 31.7 Å². The van der Waals surface area contributed by atoms with Gasteiger partial charge in [0.15, 0.2) is 11.3 Å². The summed E-state index contributed by atoms with van der Waals surface area (Å²) in [6.45, 7) is 23.0. The molecule has 0 unspecified atom stereocenters. The van der Waals surface area contributed by atoms with E-state index in [-0.39, 0.29) is 49.0 Å². The summed E-state index contributed by atoms with van der Waals surface area (Å²) in [6.07, 6.45) is 1.85. The van der Waals surface area contributed by atoms with Crippen molar-refractivity contribution >= 4 is 105 Å². The van der Waals surface area contributed by atoms with Crippen molar-refractivity contribution in [3.63, 3.8) is 0 Å². The molecule has 3 aliphatic heterocycles. The van der Waals surface area contributed by atoms with Gasteiger partial charge in [-0.3, -0.25) is 9.59 Å². The third-order valence-corrected chi connectivity index (χ3v) is 15.7. The molecule has 4 amide bonds. The first kappa shape index (κ1) is 67.4. The zero-order valence-corrected chi connectivity index (χ0v) is 53.2. The Labute approximate surface area is 532 Å². The maximum absolute atomic E-state index is 12.8. The van der Waals surface area contributed by atoms with Gasteiger partial charge in [-0.05, 0) is 171 Å². The number of amides is 4. The summed E-state index contributed by atoms with van der Waals surface area (Å²) in [5.41, 5.74) is 14.5. The molecule has 3 saturated heterocycles. The predicted molar refractivity (Wildman–Crippen MR) is 344 cm³/mol. The molecular weight excluding hydrogens is 1280 g/mol. The number of rotatable bonds is 8. The van der Waals surface area contributed by atoms with Gasteiger partial charge in [0.2, 0.25) is 0 Å². The number of nitrogens with one attached hydrogen (secondary N) is 2. The number of anilines is 4. The van der Waals surface area contributed by atoms with Crippen LogP contribution in [-0.2, 0) is 25.0 Å². The molecule has 2 atom stereocenters. The SMILES string of the molecule is C.CC(C)(C)OC(=O)N1CC[C@@H](n2nc(I)c3c(N)ncnc32)C1.CC1(C)OB(c2ccc(C(=O)Nc3cc(C(F)(F)F)ccn3)cc2)OC1(C)C.Cc1ccnc(NC(=O)c2ccc(-c3nn([C@@H]4CCN(C(=O)OC(C)(C)C)C4)c4ncnc(N)c34)cc2)c1. The molecule has 24 nitrogen and oxygen atoms in total. The number of benzene rings is 2. The largest absolute Gasteiger partial charge is 0.494 e. The lowest BCUT2D eigenvalue weighted by Gasteiger charge is -2.32. The number of hydrogen-bond acceptors (Lipinski definition) is 18. The van der Waals surface area contributed by atoms with E-state index in [1.165, 1.54) is 12.7 Å². The van der Waals surface area contributed by atoms with E-state index >= 15 is 0 Å².